The Hall–Kier alpha value is -1.63. The van der Waals surface area contributed by atoms with Gasteiger partial charge in [-0.3, -0.25) is 0 Å². The summed E-state index contributed by atoms with van der Waals surface area (Å²) in [6, 6.07) is 9.84. The summed E-state index contributed by atoms with van der Waals surface area (Å²) in [5.74, 6) is 0.818. The van der Waals surface area contributed by atoms with E-state index in [0.29, 0.717) is 24.2 Å². The van der Waals surface area contributed by atoms with Crippen LogP contribution in [0.2, 0.25) is 0 Å². The number of nitrogens with one attached hydrogen (secondary N) is 1. The molecule has 0 bridgehead atoms. The van der Waals surface area contributed by atoms with E-state index in [1.165, 1.54) is 45.6 Å². The predicted octanol–water partition coefficient (Wildman–Crippen LogP) is 2.49. The van der Waals surface area contributed by atoms with Crippen molar-refractivity contribution in [2.75, 3.05) is 45.8 Å². The number of amides is 1. The molecule has 3 saturated heterocycles. The van der Waals surface area contributed by atoms with Crippen LogP contribution in [-0.4, -0.2) is 73.9 Å². The number of ether oxygens (including phenoxy) is 2. The summed E-state index contributed by atoms with van der Waals surface area (Å²) in [5.41, 5.74) is 1.66. The van der Waals surface area contributed by atoms with Crippen molar-refractivity contribution in [3.8, 4) is 0 Å². The molecule has 0 unspecified atom stereocenters. The molecule has 1 saturated carbocycles. The lowest BCUT2D eigenvalue weighted by atomic mass is 9.73. The molecule has 1 aromatic rings. The molecule has 1 amide bonds. The third-order valence-electron chi connectivity index (χ3n) is 7.12. The van der Waals surface area contributed by atoms with Crippen molar-refractivity contribution in [1.82, 2.24) is 15.1 Å². The standard InChI is InChI=1S/C23H33N3O3/c27-22(28-13-18-4-2-1-3-5-18)26-8-6-20(7-9-26)29-21-10-19(11-21)12-25-16-23(17-25)14-24-15-23/h1-5,19-21,24H,6-17H2/t19-,21-. The average molecular weight is 400 g/mol. The fourth-order valence-electron chi connectivity index (χ4n) is 5.29. The van der Waals surface area contributed by atoms with E-state index in [2.05, 4.69) is 10.2 Å². The Morgan fingerprint density at radius 3 is 2.45 bits per heavy atom. The molecular weight excluding hydrogens is 366 g/mol. The Bertz CT molecular complexity index is 687. The second kappa shape index (κ2) is 8.25. The topological polar surface area (TPSA) is 54.0 Å². The molecule has 1 N–H and O–H groups in total. The zero-order valence-corrected chi connectivity index (χ0v) is 17.2. The molecule has 4 fully saturated rings. The van der Waals surface area contributed by atoms with Crippen LogP contribution in [0.4, 0.5) is 4.79 Å². The van der Waals surface area contributed by atoms with Crippen LogP contribution in [0.1, 0.15) is 31.2 Å². The van der Waals surface area contributed by atoms with Gasteiger partial charge in [-0.05, 0) is 37.2 Å². The highest BCUT2D eigenvalue weighted by atomic mass is 16.6. The lowest BCUT2D eigenvalue weighted by molar-refractivity contribution is -0.111. The van der Waals surface area contributed by atoms with Crippen LogP contribution in [-0.2, 0) is 16.1 Å². The second-order valence-corrected chi connectivity index (χ2v) is 9.60. The van der Waals surface area contributed by atoms with Crippen molar-refractivity contribution in [1.29, 1.82) is 0 Å². The van der Waals surface area contributed by atoms with Gasteiger partial charge < -0.3 is 24.6 Å². The smallest absolute Gasteiger partial charge is 0.410 e. The van der Waals surface area contributed by atoms with Gasteiger partial charge in [-0.25, -0.2) is 4.79 Å². The van der Waals surface area contributed by atoms with Crippen LogP contribution in [0.3, 0.4) is 0 Å². The van der Waals surface area contributed by atoms with Crippen molar-refractivity contribution in [2.45, 2.75) is 44.5 Å². The zero-order valence-electron chi connectivity index (χ0n) is 17.2. The minimum Gasteiger partial charge on any atom is -0.445 e. The molecule has 0 aromatic heterocycles. The fraction of sp³-hybridized carbons (Fsp3) is 0.696. The lowest BCUT2D eigenvalue weighted by Crippen LogP contribution is -2.71. The van der Waals surface area contributed by atoms with Gasteiger partial charge in [0, 0.05) is 51.2 Å². The fourth-order valence-corrected chi connectivity index (χ4v) is 5.29. The molecule has 6 heteroatoms. The highest BCUT2D eigenvalue weighted by Gasteiger charge is 2.48. The van der Waals surface area contributed by atoms with Crippen LogP contribution in [0.5, 0.6) is 0 Å². The Balaban J connectivity index is 0.948. The summed E-state index contributed by atoms with van der Waals surface area (Å²) in [5, 5.41) is 3.40. The molecule has 6 nitrogen and oxygen atoms in total. The molecule has 1 aliphatic carbocycles. The van der Waals surface area contributed by atoms with Crippen LogP contribution in [0.15, 0.2) is 30.3 Å². The molecule has 0 radical (unpaired) electrons. The highest BCUT2D eigenvalue weighted by Crippen LogP contribution is 2.38. The molecule has 5 rings (SSSR count). The van der Waals surface area contributed by atoms with Crippen LogP contribution in [0, 0.1) is 11.3 Å². The van der Waals surface area contributed by atoms with Crippen molar-refractivity contribution in [2.24, 2.45) is 11.3 Å². The van der Waals surface area contributed by atoms with Gasteiger partial charge in [0.2, 0.25) is 0 Å². The van der Waals surface area contributed by atoms with E-state index < -0.39 is 0 Å². The molecule has 1 aromatic carbocycles. The van der Waals surface area contributed by atoms with Gasteiger partial charge in [-0.2, -0.15) is 0 Å². The second-order valence-electron chi connectivity index (χ2n) is 9.60. The number of carbonyl (C=O) groups is 1. The molecule has 3 heterocycles. The van der Waals surface area contributed by atoms with Gasteiger partial charge in [-0.1, -0.05) is 30.3 Å². The number of benzene rings is 1. The van der Waals surface area contributed by atoms with Gasteiger partial charge in [0.15, 0.2) is 0 Å². The monoisotopic (exact) mass is 399 g/mol. The Labute approximate surface area is 173 Å². The zero-order chi connectivity index (χ0) is 19.7. The molecule has 29 heavy (non-hydrogen) atoms. The van der Waals surface area contributed by atoms with Crippen molar-refractivity contribution in [3.63, 3.8) is 0 Å². The number of hydrogen-bond donors (Lipinski definition) is 1. The molecule has 1 spiro atoms. The first kappa shape index (κ1) is 19.3. The first-order valence-corrected chi connectivity index (χ1v) is 11.2. The van der Waals surface area contributed by atoms with Crippen molar-refractivity contribution < 1.29 is 14.3 Å². The molecule has 3 aliphatic heterocycles. The third-order valence-corrected chi connectivity index (χ3v) is 7.12. The van der Waals surface area contributed by atoms with Gasteiger partial charge in [0.1, 0.15) is 6.61 Å². The number of rotatable bonds is 6. The van der Waals surface area contributed by atoms with E-state index in [9.17, 15) is 4.79 Å². The summed E-state index contributed by atoms with van der Waals surface area (Å²) < 4.78 is 11.8. The van der Waals surface area contributed by atoms with Gasteiger partial charge >= 0.3 is 6.09 Å². The third kappa shape index (κ3) is 4.44. The minimum atomic E-state index is -0.204. The SMILES string of the molecule is O=C(OCc1ccccc1)N1CCC(O[C@H]2C[C@H](CN3CC4(CNC4)C3)C2)CC1. The van der Waals surface area contributed by atoms with E-state index in [0.717, 1.165) is 37.4 Å². The largest absolute Gasteiger partial charge is 0.445 e. The average Bonchev–Trinajstić information content (AvgIpc) is 2.66. The summed E-state index contributed by atoms with van der Waals surface area (Å²) in [4.78, 5) is 16.7. The van der Waals surface area contributed by atoms with E-state index in [4.69, 9.17) is 9.47 Å². The Morgan fingerprint density at radius 2 is 1.79 bits per heavy atom. The number of carbonyl (C=O) groups excluding carboxylic acids is 1. The maximum Gasteiger partial charge on any atom is 0.410 e. The summed E-state index contributed by atoms with van der Waals surface area (Å²) in [7, 11) is 0. The number of piperidine rings is 1. The van der Waals surface area contributed by atoms with E-state index in [-0.39, 0.29) is 6.09 Å². The van der Waals surface area contributed by atoms with Gasteiger partial charge in [0.25, 0.3) is 0 Å². The number of hydrogen-bond acceptors (Lipinski definition) is 5. The van der Waals surface area contributed by atoms with Gasteiger partial charge in [-0.15, -0.1) is 0 Å². The number of likely N-dealkylation sites (tertiary alicyclic amines) is 2. The maximum absolute atomic E-state index is 12.3. The summed E-state index contributed by atoms with van der Waals surface area (Å²) >= 11 is 0. The first-order valence-electron chi connectivity index (χ1n) is 11.2. The molecule has 4 aliphatic rings. The van der Waals surface area contributed by atoms with Crippen LogP contribution in [0.25, 0.3) is 0 Å². The van der Waals surface area contributed by atoms with Crippen LogP contribution < -0.4 is 5.32 Å². The lowest BCUT2D eigenvalue weighted by Gasteiger charge is -2.57. The highest BCUT2D eigenvalue weighted by molar-refractivity contribution is 5.67. The van der Waals surface area contributed by atoms with Gasteiger partial charge in [0.05, 0.1) is 12.2 Å². The Kier molecular flexibility index (Phi) is 5.50. The molecule has 0 atom stereocenters. The number of nitrogens with zero attached hydrogens (tertiary/aromatic N) is 2. The normalized spacial score (nSPS) is 29.0. The summed E-state index contributed by atoms with van der Waals surface area (Å²) in [6.45, 7) is 8.09. The molecular formula is C23H33N3O3. The summed E-state index contributed by atoms with van der Waals surface area (Å²) in [6.07, 6.45) is 4.79. The van der Waals surface area contributed by atoms with Crippen molar-refractivity contribution >= 4 is 6.09 Å². The first-order chi connectivity index (χ1) is 14.2. The van der Waals surface area contributed by atoms with E-state index >= 15 is 0 Å². The van der Waals surface area contributed by atoms with Crippen LogP contribution >= 0.6 is 0 Å². The maximum atomic E-state index is 12.3. The quantitative estimate of drug-likeness (QED) is 0.797. The van der Waals surface area contributed by atoms with E-state index in [1.807, 2.05) is 35.2 Å². The minimum absolute atomic E-state index is 0.204. The van der Waals surface area contributed by atoms with E-state index in [1.54, 1.807) is 0 Å². The predicted molar refractivity (Wildman–Crippen MR) is 111 cm³/mol. The molecule has 158 valence electrons. The Morgan fingerprint density at radius 1 is 1.07 bits per heavy atom. The van der Waals surface area contributed by atoms with Crippen molar-refractivity contribution in [3.05, 3.63) is 35.9 Å².